The fraction of sp³-hybridized carbons (Fsp3) is 0.778. The lowest BCUT2D eigenvalue weighted by atomic mass is 10.00. The molecule has 0 heterocycles. The summed E-state index contributed by atoms with van der Waals surface area (Å²) in [6, 6.07) is 0. The molecule has 0 saturated heterocycles. The topological polar surface area (TPSA) is 74.6 Å². The van der Waals surface area contributed by atoms with Gasteiger partial charge in [-0.2, -0.15) is 0 Å². The number of hydrogen-bond acceptors (Lipinski definition) is 3. The van der Waals surface area contributed by atoms with Crippen LogP contribution in [-0.2, 0) is 9.59 Å². The molecule has 1 atom stereocenters. The van der Waals surface area contributed by atoms with Gasteiger partial charge in [-0.1, -0.05) is 6.92 Å². The molecule has 0 rings (SSSR count). The highest BCUT2D eigenvalue weighted by molar-refractivity contribution is 5.79. The Morgan fingerprint density at radius 2 is 2.00 bits per heavy atom. The molecule has 0 aromatic carbocycles. The highest BCUT2D eigenvalue weighted by atomic mass is 16.4. The molecule has 1 unspecified atom stereocenters. The Bertz CT molecular complexity index is 176. The first kappa shape index (κ1) is 12.1. The van der Waals surface area contributed by atoms with Crippen molar-refractivity contribution in [2.75, 3.05) is 6.61 Å². The third-order valence-corrected chi connectivity index (χ3v) is 1.85. The number of hydrogen-bond donors (Lipinski definition) is 2. The summed E-state index contributed by atoms with van der Waals surface area (Å²) in [5, 5.41) is 16.8. The van der Waals surface area contributed by atoms with Crippen molar-refractivity contribution in [3.63, 3.8) is 0 Å². The third kappa shape index (κ3) is 7.46. The summed E-state index contributed by atoms with van der Waals surface area (Å²) in [6.45, 7) is 1.44. The van der Waals surface area contributed by atoms with E-state index in [0.29, 0.717) is 12.8 Å². The second-order valence-corrected chi connectivity index (χ2v) is 3.29. The molecule has 4 heteroatoms. The summed E-state index contributed by atoms with van der Waals surface area (Å²) in [4.78, 5) is 20.9. The largest absolute Gasteiger partial charge is 0.481 e. The van der Waals surface area contributed by atoms with Crippen LogP contribution in [-0.4, -0.2) is 28.6 Å². The van der Waals surface area contributed by atoms with Crippen molar-refractivity contribution < 1.29 is 19.8 Å². The average molecular weight is 188 g/mol. The van der Waals surface area contributed by atoms with Crippen LogP contribution in [0.5, 0.6) is 0 Å². The van der Waals surface area contributed by atoms with Crippen LogP contribution < -0.4 is 0 Å². The molecular formula is C9H16O4. The van der Waals surface area contributed by atoms with Gasteiger partial charge in [0.2, 0.25) is 0 Å². The molecule has 4 nitrogen and oxygen atoms in total. The first-order valence-corrected chi connectivity index (χ1v) is 4.40. The minimum absolute atomic E-state index is 0.101. The van der Waals surface area contributed by atoms with Crippen LogP contribution in [0.3, 0.4) is 0 Å². The van der Waals surface area contributed by atoms with Crippen molar-refractivity contribution in [2.24, 2.45) is 5.92 Å². The van der Waals surface area contributed by atoms with E-state index in [1.165, 1.54) is 0 Å². The van der Waals surface area contributed by atoms with Gasteiger partial charge in [0, 0.05) is 12.8 Å². The summed E-state index contributed by atoms with van der Waals surface area (Å²) < 4.78 is 0. The van der Waals surface area contributed by atoms with E-state index in [9.17, 15) is 9.59 Å². The summed E-state index contributed by atoms with van der Waals surface area (Å²) in [5.74, 6) is -0.882. The Morgan fingerprint density at radius 1 is 1.38 bits per heavy atom. The third-order valence-electron chi connectivity index (χ3n) is 1.85. The molecule has 0 amide bonds. The monoisotopic (exact) mass is 188 g/mol. The van der Waals surface area contributed by atoms with Gasteiger partial charge in [-0.25, -0.2) is 0 Å². The lowest BCUT2D eigenvalue weighted by Crippen LogP contribution is -2.07. The molecule has 0 aromatic heterocycles. The predicted molar refractivity (Wildman–Crippen MR) is 47.4 cm³/mol. The number of aliphatic carboxylic acids is 1. The first-order valence-electron chi connectivity index (χ1n) is 4.40. The SMILES string of the molecule is CC(CCCC(=O)CO)CC(=O)O. The molecule has 0 radical (unpaired) electrons. The van der Waals surface area contributed by atoms with Crippen LogP contribution >= 0.6 is 0 Å². The minimum Gasteiger partial charge on any atom is -0.481 e. The molecular weight excluding hydrogens is 172 g/mol. The van der Waals surface area contributed by atoms with Crippen molar-refractivity contribution in [1.82, 2.24) is 0 Å². The van der Waals surface area contributed by atoms with E-state index >= 15 is 0 Å². The molecule has 0 saturated carbocycles. The van der Waals surface area contributed by atoms with Gasteiger partial charge in [-0.15, -0.1) is 0 Å². The highest BCUT2D eigenvalue weighted by Crippen LogP contribution is 2.11. The van der Waals surface area contributed by atoms with E-state index in [-0.39, 0.29) is 18.1 Å². The van der Waals surface area contributed by atoms with E-state index in [1.54, 1.807) is 0 Å². The van der Waals surface area contributed by atoms with Crippen molar-refractivity contribution in [3.05, 3.63) is 0 Å². The van der Waals surface area contributed by atoms with Crippen molar-refractivity contribution in [1.29, 1.82) is 0 Å². The van der Waals surface area contributed by atoms with Crippen molar-refractivity contribution in [3.8, 4) is 0 Å². The standard InChI is InChI=1S/C9H16O4/c1-7(5-9(12)13)3-2-4-8(11)6-10/h7,10H,2-6H2,1H3,(H,12,13). The summed E-state index contributed by atoms with van der Waals surface area (Å²) in [5.41, 5.74) is 0. The predicted octanol–water partition coefficient (Wildman–Crippen LogP) is 0.829. The van der Waals surface area contributed by atoms with Crippen LogP contribution in [0.25, 0.3) is 0 Å². The van der Waals surface area contributed by atoms with E-state index in [2.05, 4.69) is 0 Å². The number of carboxylic acids is 1. The second kappa shape index (κ2) is 6.60. The quantitative estimate of drug-likeness (QED) is 0.620. The highest BCUT2D eigenvalue weighted by Gasteiger charge is 2.08. The van der Waals surface area contributed by atoms with Crippen LogP contribution in [0.2, 0.25) is 0 Å². The smallest absolute Gasteiger partial charge is 0.303 e. The summed E-state index contributed by atoms with van der Waals surface area (Å²) >= 11 is 0. The number of aliphatic hydroxyl groups is 1. The van der Waals surface area contributed by atoms with Gasteiger partial charge in [0.25, 0.3) is 0 Å². The number of carbonyl (C=O) groups excluding carboxylic acids is 1. The van der Waals surface area contributed by atoms with Gasteiger partial charge >= 0.3 is 5.97 Å². The Labute approximate surface area is 77.6 Å². The normalized spacial score (nSPS) is 12.5. The minimum atomic E-state index is -0.805. The zero-order valence-electron chi connectivity index (χ0n) is 7.82. The molecule has 0 fully saturated rings. The van der Waals surface area contributed by atoms with Gasteiger partial charge in [-0.05, 0) is 18.8 Å². The zero-order chi connectivity index (χ0) is 10.3. The molecule has 13 heavy (non-hydrogen) atoms. The van der Waals surface area contributed by atoms with Gasteiger partial charge < -0.3 is 10.2 Å². The molecule has 2 N–H and O–H groups in total. The second-order valence-electron chi connectivity index (χ2n) is 3.29. The Hall–Kier alpha value is -0.900. The molecule has 0 spiro atoms. The van der Waals surface area contributed by atoms with Gasteiger partial charge in [0.15, 0.2) is 5.78 Å². The van der Waals surface area contributed by atoms with E-state index < -0.39 is 12.6 Å². The number of rotatable bonds is 7. The molecule has 0 aliphatic heterocycles. The number of carbonyl (C=O) groups is 2. The number of carboxylic acid groups (broad SMARTS) is 1. The average Bonchev–Trinajstić information content (AvgIpc) is 2.02. The van der Waals surface area contributed by atoms with Crippen LogP contribution in [0.15, 0.2) is 0 Å². The van der Waals surface area contributed by atoms with Crippen molar-refractivity contribution in [2.45, 2.75) is 32.6 Å². The Morgan fingerprint density at radius 3 is 2.46 bits per heavy atom. The van der Waals surface area contributed by atoms with E-state index in [0.717, 1.165) is 6.42 Å². The molecule has 0 aromatic rings. The maximum absolute atomic E-state index is 10.6. The molecule has 0 aliphatic carbocycles. The van der Waals surface area contributed by atoms with Crippen molar-refractivity contribution >= 4 is 11.8 Å². The fourth-order valence-corrected chi connectivity index (χ4v) is 1.13. The first-order chi connectivity index (χ1) is 6.06. The lowest BCUT2D eigenvalue weighted by molar-refractivity contribution is -0.138. The molecule has 76 valence electrons. The van der Waals surface area contributed by atoms with Crippen LogP contribution in [0.4, 0.5) is 0 Å². The van der Waals surface area contributed by atoms with Crippen LogP contribution in [0.1, 0.15) is 32.6 Å². The maximum Gasteiger partial charge on any atom is 0.303 e. The van der Waals surface area contributed by atoms with Gasteiger partial charge in [0.1, 0.15) is 6.61 Å². The lowest BCUT2D eigenvalue weighted by Gasteiger charge is -2.06. The summed E-state index contributed by atoms with van der Waals surface area (Å²) in [6.07, 6.45) is 1.87. The van der Waals surface area contributed by atoms with E-state index in [4.69, 9.17) is 10.2 Å². The molecule has 0 aliphatic rings. The van der Waals surface area contributed by atoms with Crippen LogP contribution in [0, 0.1) is 5.92 Å². The van der Waals surface area contributed by atoms with E-state index in [1.807, 2.05) is 6.92 Å². The Kier molecular flexibility index (Phi) is 6.14. The fourth-order valence-electron chi connectivity index (χ4n) is 1.13. The molecule has 0 bridgehead atoms. The number of Topliss-reactive ketones (excluding diaryl/α,β-unsaturated/α-hetero) is 1. The van der Waals surface area contributed by atoms with Gasteiger partial charge in [-0.3, -0.25) is 9.59 Å². The summed E-state index contributed by atoms with van der Waals surface area (Å²) in [7, 11) is 0. The number of aliphatic hydroxyl groups excluding tert-OH is 1. The van der Waals surface area contributed by atoms with Gasteiger partial charge in [0.05, 0.1) is 0 Å². The maximum atomic E-state index is 10.6. The number of ketones is 1. The zero-order valence-corrected chi connectivity index (χ0v) is 7.82. The Balaban J connectivity index is 3.42.